The van der Waals surface area contributed by atoms with E-state index in [1.807, 2.05) is 20.8 Å². The van der Waals surface area contributed by atoms with Crippen molar-refractivity contribution in [1.82, 2.24) is 4.48 Å². The third-order valence-corrected chi connectivity index (χ3v) is 7.78. The molecular weight excluding hydrogens is 745 g/mol. The molecule has 0 radical (unpaired) electrons. The highest BCUT2D eigenvalue weighted by atomic mass is 19.4. The summed E-state index contributed by atoms with van der Waals surface area (Å²) in [6.45, 7) is 6.39. The zero-order valence-electron chi connectivity index (χ0n) is 29.2. The molecule has 0 amide bonds. The normalized spacial score (nSPS) is 12.4. The zero-order chi connectivity index (χ0) is 40.4. The van der Waals surface area contributed by atoms with Crippen LogP contribution in [0.25, 0.3) is 0 Å². The minimum absolute atomic E-state index is 0.131. The van der Waals surface area contributed by atoms with Crippen LogP contribution in [0.4, 0.5) is 58.4 Å². The van der Waals surface area contributed by atoms with Crippen molar-refractivity contribution >= 4 is 13.0 Å². The maximum Gasteiger partial charge on any atom is 0.864 e. The fraction of sp³-hybridized carbons (Fsp3) is 0.351. The van der Waals surface area contributed by atoms with Gasteiger partial charge in [0.05, 0.1) is 30.8 Å². The van der Waals surface area contributed by atoms with E-state index >= 15 is 0 Å². The summed E-state index contributed by atoms with van der Waals surface area (Å²) in [5.41, 5.74) is -4.07. The fourth-order valence-corrected chi connectivity index (χ4v) is 5.75. The Hall–Kier alpha value is -4.54. The molecule has 4 nitrogen and oxygen atoms in total. The SMILES string of the molecule is CCC[N+](CCC)(CCC)c1c(OB(Oc2cccc(C(F)(F)F)c2)Oc2cccc(C(F)(F)F)c2)cccc1C(F)(F)F.FC(F)(F)c1c[c-]ccc1. The Morgan fingerprint density at radius 1 is 0.537 bits per heavy atom. The standard InChI is InChI=1S/C30H32BF9NO3.C7H4F3/c1-4-16-41(17-5-2,18-6-3)27-25(30(38,39)40)14-9-15-26(27)44-31(42-23-12-7-10-21(19-23)28(32,33)34)43-24-13-8-11-22(20-24)29(35,36)37;8-7(9,10)6-4-2-1-3-5-6/h7-15,19-20H,4-6,16-18H2,1-3H3;1-2,4-5H/q+1;-1. The van der Waals surface area contributed by atoms with E-state index in [2.05, 4.69) is 6.07 Å². The van der Waals surface area contributed by atoms with Crippen molar-refractivity contribution in [3.05, 3.63) is 119 Å². The van der Waals surface area contributed by atoms with Gasteiger partial charge in [-0.25, -0.2) is 0 Å². The van der Waals surface area contributed by atoms with Gasteiger partial charge in [0, 0.05) is 0 Å². The van der Waals surface area contributed by atoms with Gasteiger partial charge < -0.3 is 14.0 Å². The molecule has 0 fully saturated rings. The van der Waals surface area contributed by atoms with Gasteiger partial charge >= 0.3 is 32.0 Å². The Morgan fingerprint density at radius 3 is 1.35 bits per heavy atom. The van der Waals surface area contributed by atoms with Crippen LogP contribution in [0.15, 0.2) is 91.0 Å². The van der Waals surface area contributed by atoms with Gasteiger partial charge in [0.1, 0.15) is 17.1 Å². The summed E-state index contributed by atoms with van der Waals surface area (Å²) in [7, 11) is -2.09. The van der Waals surface area contributed by atoms with E-state index in [-0.39, 0.29) is 15.9 Å². The lowest BCUT2D eigenvalue weighted by Crippen LogP contribution is -2.52. The number of benzene rings is 4. The van der Waals surface area contributed by atoms with E-state index in [1.54, 1.807) is 0 Å². The Bertz CT molecular complexity index is 1680. The molecule has 17 heteroatoms. The molecule has 0 atom stereocenters. The Morgan fingerprint density at radius 2 is 0.981 bits per heavy atom. The lowest BCUT2D eigenvalue weighted by molar-refractivity contribution is -0.138. The molecule has 0 saturated carbocycles. The molecule has 4 rings (SSSR count). The molecule has 0 aromatic heterocycles. The Kier molecular flexibility index (Phi) is 14.8. The number of halogens is 12. The molecule has 0 aliphatic carbocycles. The topological polar surface area (TPSA) is 27.7 Å². The van der Waals surface area contributed by atoms with Crippen molar-refractivity contribution in [2.75, 3.05) is 19.6 Å². The van der Waals surface area contributed by atoms with Crippen LogP contribution in [0.2, 0.25) is 0 Å². The van der Waals surface area contributed by atoms with Crippen molar-refractivity contribution in [3.8, 4) is 17.2 Å². The summed E-state index contributed by atoms with van der Waals surface area (Å²) < 4.78 is 176. The molecule has 0 bridgehead atoms. The molecule has 4 aromatic carbocycles. The van der Waals surface area contributed by atoms with Gasteiger partial charge in [-0.3, -0.25) is 4.48 Å². The van der Waals surface area contributed by atoms with E-state index in [0.717, 1.165) is 60.7 Å². The lowest BCUT2D eigenvalue weighted by atomic mass is 10.0. The summed E-state index contributed by atoms with van der Waals surface area (Å²) in [6, 6.07) is 17.3. The molecule has 54 heavy (non-hydrogen) atoms. The number of quaternary nitrogens is 1. The molecule has 0 saturated heterocycles. The van der Waals surface area contributed by atoms with Gasteiger partial charge in [-0.1, -0.05) is 44.5 Å². The number of rotatable bonds is 13. The van der Waals surface area contributed by atoms with E-state index in [9.17, 15) is 52.7 Å². The second kappa shape index (κ2) is 18.2. The smallest absolute Gasteiger partial charge is 0.490 e. The summed E-state index contributed by atoms with van der Waals surface area (Å²) in [6.07, 6.45) is -17.0. The van der Waals surface area contributed by atoms with Gasteiger partial charge in [0.25, 0.3) is 0 Å². The average molecular weight is 781 g/mol. The molecule has 0 N–H and O–H groups in total. The van der Waals surface area contributed by atoms with Gasteiger partial charge in [0.15, 0.2) is 11.4 Å². The first kappa shape index (κ1) is 43.9. The van der Waals surface area contributed by atoms with Crippen molar-refractivity contribution in [2.24, 2.45) is 0 Å². The fourth-order valence-electron chi connectivity index (χ4n) is 5.75. The van der Waals surface area contributed by atoms with Crippen LogP contribution >= 0.6 is 0 Å². The first-order valence-corrected chi connectivity index (χ1v) is 16.6. The van der Waals surface area contributed by atoms with Gasteiger partial charge in [-0.05, 0) is 67.8 Å². The van der Waals surface area contributed by atoms with Crippen LogP contribution in [0.1, 0.15) is 62.3 Å². The number of para-hydroxylation sites is 1. The zero-order valence-corrected chi connectivity index (χ0v) is 29.2. The first-order chi connectivity index (χ1) is 25.1. The van der Waals surface area contributed by atoms with Gasteiger partial charge in [-0.2, -0.15) is 83.0 Å². The Balaban J connectivity index is 0.000000676. The number of hydrogen-bond donors (Lipinski definition) is 0. The highest BCUT2D eigenvalue weighted by molar-refractivity contribution is 6.39. The maximum absolute atomic E-state index is 14.5. The van der Waals surface area contributed by atoms with Crippen LogP contribution in [-0.4, -0.2) is 27.0 Å². The average Bonchev–Trinajstić information content (AvgIpc) is 3.08. The minimum atomic E-state index is -4.81. The predicted octanol–water partition coefficient (Wildman–Crippen LogP) is 12.3. The lowest BCUT2D eigenvalue weighted by Gasteiger charge is -2.40. The van der Waals surface area contributed by atoms with Crippen molar-refractivity contribution < 1.29 is 66.6 Å². The quantitative estimate of drug-likeness (QED) is 0.0585. The first-order valence-electron chi connectivity index (χ1n) is 16.6. The third kappa shape index (κ3) is 12.2. The van der Waals surface area contributed by atoms with Gasteiger partial charge in [0.2, 0.25) is 0 Å². The molecule has 4 aromatic rings. The summed E-state index contributed by atoms with van der Waals surface area (Å²) >= 11 is 0. The largest absolute Gasteiger partial charge is 0.864 e. The summed E-state index contributed by atoms with van der Waals surface area (Å²) in [5, 5.41) is 0. The molecule has 0 spiro atoms. The monoisotopic (exact) mass is 781 g/mol. The van der Waals surface area contributed by atoms with E-state index in [0.29, 0.717) is 51.0 Å². The highest BCUT2D eigenvalue weighted by Gasteiger charge is 2.46. The second-order valence-electron chi connectivity index (χ2n) is 11.9. The molecule has 0 aliphatic rings. The van der Waals surface area contributed by atoms with Crippen LogP contribution in [0.5, 0.6) is 17.2 Å². The minimum Gasteiger partial charge on any atom is -0.490 e. The van der Waals surface area contributed by atoms with Crippen molar-refractivity contribution in [2.45, 2.75) is 64.7 Å². The van der Waals surface area contributed by atoms with E-state index in [1.165, 1.54) is 18.2 Å². The van der Waals surface area contributed by atoms with Crippen LogP contribution in [0, 0.1) is 6.07 Å². The molecule has 0 unspecified atom stereocenters. The summed E-state index contributed by atoms with van der Waals surface area (Å²) in [5.74, 6) is -1.22. The van der Waals surface area contributed by atoms with Crippen molar-refractivity contribution in [1.29, 1.82) is 0 Å². The molecule has 0 heterocycles. The van der Waals surface area contributed by atoms with E-state index < -0.39 is 65.8 Å². The van der Waals surface area contributed by atoms with Crippen LogP contribution in [-0.2, 0) is 24.7 Å². The Labute approximate surface area is 305 Å². The van der Waals surface area contributed by atoms with Crippen LogP contribution < -0.4 is 18.4 Å². The molecular formula is C37H36BF12NO3. The molecule has 0 aliphatic heterocycles. The molecule has 294 valence electrons. The van der Waals surface area contributed by atoms with Crippen molar-refractivity contribution in [3.63, 3.8) is 0 Å². The van der Waals surface area contributed by atoms with E-state index in [4.69, 9.17) is 14.0 Å². The summed E-state index contributed by atoms with van der Waals surface area (Å²) in [4.78, 5) is 0. The number of nitrogens with zero attached hydrogens (tertiary/aromatic N) is 1. The third-order valence-electron chi connectivity index (χ3n) is 7.78. The number of alkyl halides is 12. The van der Waals surface area contributed by atoms with Gasteiger partial charge in [-0.15, -0.1) is 0 Å². The highest BCUT2D eigenvalue weighted by Crippen LogP contribution is 2.46. The predicted molar refractivity (Wildman–Crippen MR) is 180 cm³/mol. The number of hydrogen-bond acceptors (Lipinski definition) is 3. The second-order valence-corrected chi connectivity index (χ2v) is 11.9. The maximum atomic E-state index is 14.5. The van der Waals surface area contributed by atoms with Crippen LogP contribution in [0.3, 0.4) is 0 Å².